The topological polar surface area (TPSA) is 108 Å². The molecule has 0 aromatic carbocycles. The van der Waals surface area contributed by atoms with Gasteiger partial charge in [-0.05, 0) is 12.1 Å². The van der Waals surface area contributed by atoms with E-state index in [2.05, 4.69) is 10.3 Å². The molecule has 0 aliphatic carbocycles. The third-order valence-corrected chi connectivity index (χ3v) is 3.09. The van der Waals surface area contributed by atoms with Gasteiger partial charge in [0.25, 0.3) is 11.5 Å². The Morgan fingerprint density at radius 2 is 2.16 bits per heavy atom. The van der Waals surface area contributed by atoms with Crippen molar-refractivity contribution in [3.8, 4) is 0 Å². The third kappa shape index (κ3) is 1.40. The van der Waals surface area contributed by atoms with E-state index < -0.39 is 17.8 Å². The van der Waals surface area contributed by atoms with Crippen molar-refractivity contribution in [3.05, 3.63) is 34.2 Å². The number of anilines is 1. The summed E-state index contributed by atoms with van der Waals surface area (Å²) < 4.78 is 0.333. The standard InChI is InChI=1S/C11H10N4O4/c1-14-9(16)6-7(13-11(14)18)5-3-2-4-12-8(5)15(19)10(6)17/h2-4,11,13,18-19H,1H3. The van der Waals surface area contributed by atoms with Gasteiger partial charge in [0, 0.05) is 18.6 Å². The predicted octanol–water partition coefficient (Wildman–Crippen LogP) is -0.593. The van der Waals surface area contributed by atoms with E-state index in [0.717, 1.165) is 4.90 Å². The summed E-state index contributed by atoms with van der Waals surface area (Å²) in [6.07, 6.45) is 0.172. The number of fused-ring (bicyclic) bond motifs is 3. The second-order valence-corrected chi connectivity index (χ2v) is 4.18. The predicted molar refractivity (Wildman–Crippen MR) is 64.9 cm³/mol. The molecule has 1 aliphatic rings. The molecule has 0 spiro atoms. The van der Waals surface area contributed by atoms with Crippen LogP contribution in [0.2, 0.25) is 0 Å². The molecular formula is C11H10N4O4. The number of amides is 1. The second-order valence-electron chi connectivity index (χ2n) is 4.18. The molecule has 8 heteroatoms. The van der Waals surface area contributed by atoms with E-state index in [1.807, 2.05) is 0 Å². The number of rotatable bonds is 0. The van der Waals surface area contributed by atoms with Gasteiger partial charge in [0.15, 0.2) is 5.65 Å². The van der Waals surface area contributed by atoms with Crippen molar-refractivity contribution in [1.82, 2.24) is 14.6 Å². The van der Waals surface area contributed by atoms with Crippen molar-refractivity contribution in [2.45, 2.75) is 6.35 Å². The first-order valence-electron chi connectivity index (χ1n) is 5.47. The Labute approximate surface area is 106 Å². The summed E-state index contributed by atoms with van der Waals surface area (Å²) in [5.41, 5.74) is -0.912. The van der Waals surface area contributed by atoms with Crippen LogP contribution in [0.1, 0.15) is 10.4 Å². The summed E-state index contributed by atoms with van der Waals surface area (Å²) in [6, 6.07) is 3.19. The van der Waals surface area contributed by atoms with E-state index >= 15 is 0 Å². The van der Waals surface area contributed by atoms with Crippen LogP contribution >= 0.6 is 0 Å². The first kappa shape index (κ1) is 11.5. The van der Waals surface area contributed by atoms with Gasteiger partial charge in [-0.15, -0.1) is 4.73 Å². The fourth-order valence-electron chi connectivity index (χ4n) is 2.07. The average Bonchev–Trinajstić information content (AvgIpc) is 2.42. The number of nitrogens with one attached hydrogen (secondary N) is 1. The van der Waals surface area contributed by atoms with Crippen molar-refractivity contribution in [2.75, 3.05) is 12.4 Å². The maximum atomic E-state index is 12.0. The van der Waals surface area contributed by atoms with Crippen molar-refractivity contribution in [1.29, 1.82) is 0 Å². The molecule has 0 saturated carbocycles. The maximum absolute atomic E-state index is 12.0. The number of hydrogen-bond acceptors (Lipinski definition) is 6. The zero-order valence-electron chi connectivity index (χ0n) is 9.86. The fraction of sp³-hybridized carbons (Fsp3) is 0.182. The van der Waals surface area contributed by atoms with E-state index in [1.54, 1.807) is 12.1 Å². The van der Waals surface area contributed by atoms with E-state index in [4.69, 9.17) is 0 Å². The summed E-state index contributed by atoms with van der Waals surface area (Å²) in [4.78, 5) is 28.9. The molecule has 0 fully saturated rings. The van der Waals surface area contributed by atoms with Crippen LogP contribution in [0, 0.1) is 0 Å². The minimum absolute atomic E-state index is 0.0169. The normalized spacial score (nSPS) is 18.3. The number of nitrogens with zero attached hydrogens (tertiary/aromatic N) is 3. The van der Waals surface area contributed by atoms with E-state index in [0.29, 0.717) is 10.1 Å². The Kier molecular flexibility index (Phi) is 2.23. The lowest BCUT2D eigenvalue weighted by Gasteiger charge is -2.31. The third-order valence-electron chi connectivity index (χ3n) is 3.09. The molecule has 8 nitrogen and oxygen atoms in total. The second kappa shape index (κ2) is 3.69. The van der Waals surface area contributed by atoms with Gasteiger partial charge >= 0.3 is 0 Å². The van der Waals surface area contributed by atoms with Crippen LogP contribution in [0.15, 0.2) is 23.1 Å². The highest BCUT2D eigenvalue weighted by atomic mass is 16.5. The van der Waals surface area contributed by atoms with Gasteiger partial charge in [-0.25, -0.2) is 4.98 Å². The van der Waals surface area contributed by atoms with Gasteiger partial charge in [-0.3, -0.25) is 14.5 Å². The molecule has 1 amide bonds. The van der Waals surface area contributed by atoms with Crippen LogP contribution in [0.5, 0.6) is 0 Å². The first-order chi connectivity index (χ1) is 9.02. The number of aliphatic hydroxyl groups excluding tert-OH is 1. The smallest absolute Gasteiger partial charge is 0.299 e. The summed E-state index contributed by atoms with van der Waals surface area (Å²) in [6.45, 7) is 0. The van der Waals surface area contributed by atoms with E-state index in [1.165, 1.54) is 13.2 Å². The quantitative estimate of drug-likeness (QED) is 0.547. The summed E-state index contributed by atoms with van der Waals surface area (Å²) in [5, 5.41) is 22.5. The molecule has 0 bridgehead atoms. The number of aliphatic hydroxyl groups is 1. The van der Waals surface area contributed by atoms with Gasteiger partial charge in [0.2, 0.25) is 6.35 Å². The van der Waals surface area contributed by atoms with Crippen LogP contribution in [-0.4, -0.2) is 44.2 Å². The molecule has 1 aliphatic heterocycles. The molecule has 2 aromatic rings. The Hall–Kier alpha value is -2.61. The molecule has 3 N–H and O–H groups in total. The molecule has 2 aromatic heterocycles. The van der Waals surface area contributed by atoms with Gasteiger partial charge in [0.1, 0.15) is 5.56 Å². The number of carbonyl (C=O) groups is 1. The zero-order valence-corrected chi connectivity index (χ0v) is 9.86. The molecule has 1 unspecified atom stereocenters. The lowest BCUT2D eigenvalue weighted by molar-refractivity contribution is 0.0296. The van der Waals surface area contributed by atoms with Crippen LogP contribution < -0.4 is 10.9 Å². The van der Waals surface area contributed by atoms with Crippen molar-refractivity contribution < 1.29 is 15.1 Å². The van der Waals surface area contributed by atoms with Gasteiger partial charge in [-0.2, -0.15) is 0 Å². The highest BCUT2D eigenvalue weighted by molar-refractivity contribution is 6.08. The Morgan fingerprint density at radius 1 is 1.42 bits per heavy atom. The van der Waals surface area contributed by atoms with Crippen molar-refractivity contribution in [3.63, 3.8) is 0 Å². The molecule has 98 valence electrons. The fourth-order valence-corrected chi connectivity index (χ4v) is 2.07. The SMILES string of the molecule is CN1C(=O)c2c(c3cccnc3n(O)c2=O)NC1O. The van der Waals surface area contributed by atoms with Crippen LogP contribution in [-0.2, 0) is 0 Å². The number of hydrogen-bond donors (Lipinski definition) is 3. The van der Waals surface area contributed by atoms with E-state index in [-0.39, 0.29) is 16.9 Å². The zero-order chi connectivity index (χ0) is 13.7. The highest BCUT2D eigenvalue weighted by Gasteiger charge is 2.33. The maximum Gasteiger partial charge on any atom is 0.299 e. The first-order valence-corrected chi connectivity index (χ1v) is 5.47. The monoisotopic (exact) mass is 262 g/mol. The van der Waals surface area contributed by atoms with Crippen LogP contribution in [0.25, 0.3) is 11.0 Å². The average molecular weight is 262 g/mol. The molecule has 1 atom stereocenters. The van der Waals surface area contributed by atoms with Crippen LogP contribution in [0.3, 0.4) is 0 Å². The Morgan fingerprint density at radius 3 is 2.89 bits per heavy atom. The number of aromatic nitrogens is 2. The molecular weight excluding hydrogens is 252 g/mol. The largest absolute Gasteiger partial charge is 0.423 e. The van der Waals surface area contributed by atoms with Crippen LogP contribution in [0.4, 0.5) is 5.69 Å². The molecule has 3 rings (SSSR count). The van der Waals surface area contributed by atoms with E-state index in [9.17, 15) is 19.9 Å². The van der Waals surface area contributed by atoms with Crippen molar-refractivity contribution in [2.24, 2.45) is 0 Å². The van der Waals surface area contributed by atoms with Gasteiger partial charge < -0.3 is 15.6 Å². The summed E-state index contributed by atoms with van der Waals surface area (Å²) >= 11 is 0. The lowest BCUT2D eigenvalue weighted by atomic mass is 10.1. The number of carbonyl (C=O) groups excluding carboxylic acids is 1. The van der Waals surface area contributed by atoms with Gasteiger partial charge in [0.05, 0.1) is 5.69 Å². The molecule has 19 heavy (non-hydrogen) atoms. The lowest BCUT2D eigenvalue weighted by Crippen LogP contribution is -2.49. The molecule has 0 saturated heterocycles. The van der Waals surface area contributed by atoms with Crippen molar-refractivity contribution >= 4 is 22.6 Å². The molecule has 0 radical (unpaired) electrons. The Bertz CT molecular complexity index is 754. The number of pyridine rings is 2. The summed E-state index contributed by atoms with van der Waals surface area (Å²) in [5.74, 6) is -0.667. The van der Waals surface area contributed by atoms with Gasteiger partial charge in [-0.1, -0.05) is 0 Å². The minimum atomic E-state index is -1.24. The summed E-state index contributed by atoms with van der Waals surface area (Å²) in [7, 11) is 1.34. The highest BCUT2D eigenvalue weighted by Crippen LogP contribution is 2.28. The molecule has 3 heterocycles. The minimum Gasteiger partial charge on any atom is -0.423 e. The Balaban J connectivity index is 2.47.